The molecule has 0 bridgehead atoms. The topological polar surface area (TPSA) is 61.3 Å². The molecule has 0 N–H and O–H groups in total. The minimum Gasteiger partial charge on any atom is -0.493 e. The Balaban J connectivity index is 2.54. The van der Waals surface area contributed by atoms with E-state index in [9.17, 15) is 4.79 Å². The third-order valence-electron chi connectivity index (χ3n) is 2.59. The zero-order chi connectivity index (χ0) is 14.5. The van der Waals surface area contributed by atoms with Gasteiger partial charge in [-0.05, 0) is 41.1 Å². The molecule has 2 heterocycles. The minimum atomic E-state index is -0.447. The van der Waals surface area contributed by atoms with E-state index >= 15 is 0 Å². The summed E-state index contributed by atoms with van der Waals surface area (Å²) in [6, 6.07) is 5.31. The largest absolute Gasteiger partial charge is 0.493 e. The summed E-state index contributed by atoms with van der Waals surface area (Å²) >= 11 is 3.31. The Hall–Kier alpha value is -1.95. The quantitative estimate of drug-likeness (QED) is 0.634. The third-order valence-corrected chi connectivity index (χ3v) is 3.13. The van der Waals surface area contributed by atoms with Crippen LogP contribution in [0.25, 0.3) is 11.3 Å². The fourth-order valence-electron chi connectivity index (χ4n) is 1.72. The molecule has 2 rings (SSSR count). The van der Waals surface area contributed by atoms with Crippen LogP contribution in [0.2, 0.25) is 0 Å². The lowest BCUT2D eigenvalue weighted by atomic mass is 10.1. The summed E-state index contributed by atoms with van der Waals surface area (Å²) in [7, 11) is 1.48. The van der Waals surface area contributed by atoms with Crippen LogP contribution < -0.4 is 4.74 Å². The number of esters is 1. The third kappa shape index (κ3) is 2.96. The molecule has 0 fully saturated rings. The normalized spacial score (nSPS) is 10.2. The Kier molecular flexibility index (Phi) is 4.68. The molecule has 0 saturated carbocycles. The van der Waals surface area contributed by atoms with Gasteiger partial charge in [0, 0.05) is 18.0 Å². The van der Waals surface area contributed by atoms with Crippen LogP contribution in [-0.2, 0) is 4.74 Å². The molecule has 0 radical (unpaired) electrons. The zero-order valence-corrected chi connectivity index (χ0v) is 12.7. The average molecular weight is 337 g/mol. The second-order valence-electron chi connectivity index (χ2n) is 3.84. The van der Waals surface area contributed by atoms with Gasteiger partial charge in [-0.25, -0.2) is 9.78 Å². The molecule has 0 saturated heterocycles. The van der Waals surface area contributed by atoms with E-state index in [0.29, 0.717) is 28.2 Å². The van der Waals surface area contributed by atoms with Crippen molar-refractivity contribution >= 4 is 21.9 Å². The molecule has 0 aliphatic heterocycles. The van der Waals surface area contributed by atoms with E-state index in [1.807, 2.05) is 6.07 Å². The highest BCUT2D eigenvalue weighted by atomic mass is 79.9. The maximum atomic E-state index is 12.0. The fraction of sp³-hybridized carbons (Fsp3) is 0.214. The lowest BCUT2D eigenvalue weighted by Crippen LogP contribution is -2.08. The van der Waals surface area contributed by atoms with Gasteiger partial charge in [0.15, 0.2) is 5.75 Å². The van der Waals surface area contributed by atoms with Crippen LogP contribution in [-0.4, -0.2) is 29.7 Å². The highest BCUT2D eigenvalue weighted by Gasteiger charge is 2.19. The van der Waals surface area contributed by atoms with Gasteiger partial charge in [-0.1, -0.05) is 0 Å². The van der Waals surface area contributed by atoms with Crippen LogP contribution in [0, 0.1) is 0 Å². The van der Waals surface area contributed by atoms with Crippen molar-refractivity contribution in [1.29, 1.82) is 0 Å². The second kappa shape index (κ2) is 6.47. The summed E-state index contributed by atoms with van der Waals surface area (Å²) in [6.07, 6.45) is 3.35. The van der Waals surface area contributed by atoms with E-state index < -0.39 is 5.97 Å². The number of aromatic nitrogens is 2. The van der Waals surface area contributed by atoms with Gasteiger partial charge in [0.2, 0.25) is 0 Å². The van der Waals surface area contributed by atoms with E-state index in [1.54, 1.807) is 31.5 Å². The van der Waals surface area contributed by atoms with Crippen LogP contribution in [0.15, 0.2) is 35.2 Å². The van der Waals surface area contributed by atoms with Crippen molar-refractivity contribution in [1.82, 2.24) is 9.97 Å². The van der Waals surface area contributed by atoms with Crippen LogP contribution in [0.3, 0.4) is 0 Å². The number of hydrogen-bond donors (Lipinski definition) is 0. The predicted octanol–water partition coefficient (Wildman–Crippen LogP) is 3.09. The van der Waals surface area contributed by atoms with E-state index in [-0.39, 0.29) is 0 Å². The Morgan fingerprint density at radius 2 is 2.25 bits per heavy atom. The summed E-state index contributed by atoms with van der Waals surface area (Å²) in [5.74, 6) is -0.0892. The number of halogens is 1. The van der Waals surface area contributed by atoms with E-state index in [2.05, 4.69) is 25.9 Å². The molecular weight excluding hydrogens is 324 g/mol. The molecular formula is C14H13BrN2O3. The molecule has 2 aromatic heterocycles. The number of ether oxygens (including phenoxy) is 2. The molecule has 0 amide bonds. The highest BCUT2D eigenvalue weighted by Crippen LogP contribution is 2.31. The number of nitrogens with zero attached hydrogens (tertiary/aromatic N) is 2. The molecule has 20 heavy (non-hydrogen) atoms. The summed E-state index contributed by atoms with van der Waals surface area (Å²) in [6.45, 7) is 2.05. The van der Waals surface area contributed by atoms with Gasteiger partial charge >= 0.3 is 5.97 Å². The standard InChI is InChI=1S/C14H13BrN2O3/c1-3-20-14(18)10-7-11(9-5-4-6-16-8-9)17-13(15)12(10)19-2/h4-8H,3H2,1-2H3. The molecule has 0 aliphatic carbocycles. The van der Waals surface area contributed by atoms with Crippen LogP contribution in [0.5, 0.6) is 5.75 Å². The Labute approximate surface area is 125 Å². The molecule has 104 valence electrons. The number of methoxy groups -OCH3 is 1. The lowest BCUT2D eigenvalue weighted by molar-refractivity contribution is 0.0522. The van der Waals surface area contributed by atoms with E-state index in [0.717, 1.165) is 5.56 Å². The smallest absolute Gasteiger partial charge is 0.342 e. The maximum Gasteiger partial charge on any atom is 0.342 e. The molecule has 5 nitrogen and oxygen atoms in total. The number of carbonyl (C=O) groups excluding carboxylic acids is 1. The molecule has 0 aromatic carbocycles. The summed E-state index contributed by atoms with van der Waals surface area (Å²) < 4.78 is 10.7. The van der Waals surface area contributed by atoms with Crippen LogP contribution in [0.4, 0.5) is 0 Å². The minimum absolute atomic E-state index is 0.296. The first-order chi connectivity index (χ1) is 9.67. The first-order valence-electron chi connectivity index (χ1n) is 5.99. The van der Waals surface area contributed by atoms with Crippen molar-refractivity contribution in [3.8, 4) is 17.0 Å². The molecule has 0 aliphatic rings. The van der Waals surface area contributed by atoms with Gasteiger partial charge in [-0.3, -0.25) is 4.98 Å². The highest BCUT2D eigenvalue weighted by molar-refractivity contribution is 9.10. The van der Waals surface area contributed by atoms with Crippen LogP contribution >= 0.6 is 15.9 Å². The van der Waals surface area contributed by atoms with Gasteiger partial charge < -0.3 is 9.47 Å². The molecule has 0 spiro atoms. The first kappa shape index (κ1) is 14.5. The Morgan fingerprint density at radius 1 is 1.45 bits per heavy atom. The average Bonchev–Trinajstić information content (AvgIpc) is 2.47. The van der Waals surface area contributed by atoms with Gasteiger partial charge in [-0.15, -0.1) is 0 Å². The first-order valence-corrected chi connectivity index (χ1v) is 6.78. The number of pyridine rings is 2. The zero-order valence-electron chi connectivity index (χ0n) is 11.1. The van der Waals surface area contributed by atoms with Crippen molar-refractivity contribution in [2.45, 2.75) is 6.92 Å². The molecule has 6 heteroatoms. The van der Waals surface area contributed by atoms with Crippen LogP contribution in [0.1, 0.15) is 17.3 Å². The predicted molar refractivity (Wildman–Crippen MR) is 77.7 cm³/mol. The Morgan fingerprint density at radius 3 is 2.85 bits per heavy atom. The van der Waals surface area contributed by atoms with Gasteiger partial charge in [-0.2, -0.15) is 0 Å². The van der Waals surface area contributed by atoms with Crippen molar-refractivity contribution < 1.29 is 14.3 Å². The van der Waals surface area contributed by atoms with Crippen molar-refractivity contribution in [2.75, 3.05) is 13.7 Å². The van der Waals surface area contributed by atoms with Crippen molar-refractivity contribution in [2.24, 2.45) is 0 Å². The molecule has 0 atom stereocenters. The van der Waals surface area contributed by atoms with E-state index in [1.165, 1.54) is 7.11 Å². The maximum absolute atomic E-state index is 12.0. The fourth-order valence-corrected chi connectivity index (χ4v) is 2.29. The lowest BCUT2D eigenvalue weighted by Gasteiger charge is -2.11. The van der Waals surface area contributed by atoms with Gasteiger partial charge in [0.1, 0.15) is 10.2 Å². The van der Waals surface area contributed by atoms with Crippen molar-refractivity contribution in [3.05, 3.63) is 40.8 Å². The second-order valence-corrected chi connectivity index (χ2v) is 4.59. The molecule has 0 unspecified atom stereocenters. The number of rotatable bonds is 4. The SMILES string of the molecule is CCOC(=O)c1cc(-c2cccnc2)nc(Br)c1OC. The van der Waals surface area contributed by atoms with E-state index in [4.69, 9.17) is 9.47 Å². The van der Waals surface area contributed by atoms with Gasteiger partial charge in [0.05, 0.1) is 19.4 Å². The number of carbonyl (C=O) groups is 1. The summed E-state index contributed by atoms with van der Waals surface area (Å²) in [4.78, 5) is 20.4. The van der Waals surface area contributed by atoms with Crippen molar-refractivity contribution in [3.63, 3.8) is 0 Å². The number of hydrogen-bond acceptors (Lipinski definition) is 5. The molecule has 2 aromatic rings. The van der Waals surface area contributed by atoms with Gasteiger partial charge in [0.25, 0.3) is 0 Å². The summed E-state index contributed by atoms with van der Waals surface area (Å²) in [5, 5.41) is 0. The Bertz CT molecular complexity index is 617. The summed E-state index contributed by atoms with van der Waals surface area (Å²) in [5.41, 5.74) is 1.75. The monoisotopic (exact) mass is 336 g/mol.